The highest BCUT2D eigenvalue weighted by atomic mass is 79.9. The highest BCUT2D eigenvalue weighted by molar-refractivity contribution is 9.10. The lowest BCUT2D eigenvalue weighted by Gasteiger charge is -2.12. The molecule has 1 aromatic rings. The van der Waals surface area contributed by atoms with Gasteiger partial charge in [0, 0.05) is 10.0 Å². The molecule has 1 nitrogen and oxygen atoms in total. The summed E-state index contributed by atoms with van der Waals surface area (Å²) in [6.45, 7) is 0. The molecule has 2 unspecified atom stereocenters. The topological polar surface area (TPSA) is 26.0 Å². The van der Waals surface area contributed by atoms with E-state index in [0.717, 1.165) is 16.3 Å². The summed E-state index contributed by atoms with van der Waals surface area (Å²) >= 11 is 3.50. The average molecular weight is 252 g/mol. The molecule has 2 atom stereocenters. The lowest BCUT2D eigenvalue weighted by atomic mass is 10.0. The van der Waals surface area contributed by atoms with Crippen LogP contribution in [-0.2, 0) is 5.54 Å². The lowest BCUT2D eigenvalue weighted by Crippen LogP contribution is -2.22. The fraction of sp³-hybridized carbons (Fsp3) is 0.500. The second kappa shape index (κ2) is 2.83. The minimum absolute atomic E-state index is 0.00491. The van der Waals surface area contributed by atoms with Crippen LogP contribution in [0.15, 0.2) is 28.7 Å². The molecule has 2 N–H and O–H groups in total. The molecule has 74 valence electrons. The maximum Gasteiger partial charge on any atom is 0.0445 e. The second-order valence-electron chi connectivity index (χ2n) is 4.70. The number of halogens is 1. The molecule has 0 amide bonds. The number of nitrogens with two attached hydrogens (primary N) is 1. The summed E-state index contributed by atoms with van der Waals surface area (Å²) in [5, 5.41) is 0. The molecule has 2 saturated carbocycles. The van der Waals surface area contributed by atoms with E-state index in [1.165, 1.54) is 24.8 Å². The molecular weight excluding hydrogens is 238 g/mol. The van der Waals surface area contributed by atoms with Crippen molar-refractivity contribution in [2.45, 2.75) is 24.8 Å². The number of benzene rings is 1. The zero-order chi connectivity index (χ0) is 9.76. The van der Waals surface area contributed by atoms with Gasteiger partial charge in [-0.05, 0) is 48.8 Å². The SMILES string of the molecule is NC1(c2cccc(Br)c2)CC1C1CC1. The van der Waals surface area contributed by atoms with Gasteiger partial charge in [0.15, 0.2) is 0 Å². The van der Waals surface area contributed by atoms with Gasteiger partial charge in [-0.25, -0.2) is 0 Å². The van der Waals surface area contributed by atoms with Crippen LogP contribution < -0.4 is 5.73 Å². The molecular formula is C12H14BrN. The fourth-order valence-electron chi connectivity index (χ4n) is 2.50. The maximum absolute atomic E-state index is 6.40. The molecule has 0 aliphatic heterocycles. The van der Waals surface area contributed by atoms with Gasteiger partial charge in [0.25, 0.3) is 0 Å². The van der Waals surface area contributed by atoms with Gasteiger partial charge >= 0.3 is 0 Å². The normalized spacial score (nSPS) is 35.7. The van der Waals surface area contributed by atoms with Gasteiger partial charge < -0.3 is 5.73 Å². The fourth-order valence-corrected chi connectivity index (χ4v) is 2.90. The van der Waals surface area contributed by atoms with E-state index in [1.807, 2.05) is 0 Å². The smallest absolute Gasteiger partial charge is 0.0445 e. The first-order valence-electron chi connectivity index (χ1n) is 5.25. The highest BCUT2D eigenvalue weighted by Gasteiger charge is 2.58. The molecule has 0 radical (unpaired) electrons. The van der Waals surface area contributed by atoms with Gasteiger partial charge in [0.1, 0.15) is 0 Å². The number of hydrogen-bond donors (Lipinski definition) is 1. The molecule has 0 saturated heterocycles. The molecule has 1 aromatic carbocycles. The molecule has 0 bridgehead atoms. The number of rotatable bonds is 2. The van der Waals surface area contributed by atoms with E-state index in [1.54, 1.807) is 0 Å². The first-order valence-corrected chi connectivity index (χ1v) is 6.04. The second-order valence-corrected chi connectivity index (χ2v) is 5.61. The monoisotopic (exact) mass is 251 g/mol. The van der Waals surface area contributed by atoms with Crippen LogP contribution in [0.5, 0.6) is 0 Å². The van der Waals surface area contributed by atoms with Gasteiger partial charge in [-0.1, -0.05) is 28.1 Å². The first kappa shape index (κ1) is 8.93. The van der Waals surface area contributed by atoms with E-state index >= 15 is 0 Å². The summed E-state index contributed by atoms with van der Waals surface area (Å²) < 4.78 is 1.14. The van der Waals surface area contributed by atoms with Crippen molar-refractivity contribution in [1.82, 2.24) is 0 Å². The Hall–Kier alpha value is -0.340. The molecule has 14 heavy (non-hydrogen) atoms. The minimum Gasteiger partial charge on any atom is -0.321 e. The quantitative estimate of drug-likeness (QED) is 0.860. The molecule has 2 fully saturated rings. The van der Waals surface area contributed by atoms with E-state index in [2.05, 4.69) is 40.2 Å². The Kier molecular flexibility index (Phi) is 1.80. The summed E-state index contributed by atoms with van der Waals surface area (Å²) in [6, 6.07) is 8.47. The molecule has 0 heterocycles. The van der Waals surface area contributed by atoms with E-state index in [4.69, 9.17) is 5.73 Å². The van der Waals surface area contributed by atoms with Crippen LogP contribution in [0, 0.1) is 11.8 Å². The summed E-state index contributed by atoms with van der Waals surface area (Å²) in [4.78, 5) is 0. The van der Waals surface area contributed by atoms with Crippen LogP contribution in [-0.4, -0.2) is 0 Å². The molecule has 3 rings (SSSR count). The molecule has 2 heteroatoms. The van der Waals surface area contributed by atoms with Crippen molar-refractivity contribution in [3.8, 4) is 0 Å². The lowest BCUT2D eigenvalue weighted by molar-refractivity contribution is 0.575. The maximum atomic E-state index is 6.40. The summed E-state index contributed by atoms with van der Waals surface area (Å²) in [6.07, 6.45) is 3.99. The highest BCUT2D eigenvalue weighted by Crippen LogP contribution is 2.60. The van der Waals surface area contributed by atoms with E-state index in [0.29, 0.717) is 0 Å². The third-order valence-corrected chi connectivity index (χ3v) is 4.11. The predicted octanol–water partition coefficient (Wildman–Crippen LogP) is 3.03. The molecule has 2 aliphatic carbocycles. The Bertz CT molecular complexity index is 372. The van der Waals surface area contributed by atoms with Crippen molar-refractivity contribution in [3.63, 3.8) is 0 Å². The molecule has 0 aromatic heterocycles. The standard InChI is InChI=1S/C12H14BrN/c13-10-3-1-2-9(6-10)12(14)7-11(12)8-4-5-8/h1-3,6,8,11H,4-5,7,14H2. The summed E-state index contributed by atoms with van der Waals surface area (Å²) in [5.74, 6) is 1.69. The van der Waals surface area contributed by atoms with Crippen LogP contribution in [0.2, 0.25) is 0 Å². The first-order chi connectivity index (χ1) is 6.70. The van der Waals surface area contributed by atoms with Gasteiger partial charge in [-0.15, -0.1) is 0 Å². The van der Waals surface area contributed by atoms with Crippen molar-refractivity contribution >= 4 is 15.9 Å². The van der Waals surface area contributed by atoms with Gasteiger partial charge in [0.2, 0.25) is 0 Å². The van der Waals surface area contributed by atoms with E-state index in [-0.39, 0.29) is 5.54 Å². The molecule has 0 spiro atoms. The Labute approximate surface area is 92.8 Å². The third kappa shape index (κ3) is 1.32. The number of hydrogen-bond acceptors (Lipinski definition) is 1. The minimum atomic E-state index is 0.00491. The Balaban J connectivity index is 1.88. The van der Waals surface area contributed by atoms with E-state index in [9.17, 15) is 0 Å². The summed E-state index contributed by atoms with van der Waals surface area (Å²) in [5.41, 5.74) is 7.72. The zero-order valence-electron chi connectivity index (χ0n) is 8.04. The van der Waals surface area contributed by atoms with Crippen LogP contribution in [0.1, 0.15) is 24.8 Å². The van der Waals surface area contributed by atoms with Gasteiger partial charge in [0.05, 0.1) is 0 Å². The van der Waals surface area contributed by atoms with Crippen molar-refractivity contribution in [2.24, 2.45) is 17.6 Å². The van der Waals surface area contributed by atoms with Crippen LogP contribution in [0.3, 0.4) is 0 Å². The Morgan fingerprint density at radius 2 is 2.14 bits per heavy atom. The van der Waals surface area contributed by atoms with Crippen molar-refractivity contribution in [2.75, 3.05) is 0 Å². The van der Waals surface area contributed by atoms with Crippen LogP contribution in [0.4, 0.5) is 0 Å². The van der Waals surface area contributed by atoms with Crippen LogP contribution in [0.25, 0.3) is 0 Å². The van der Waals surface area contributed by atoms with Gasteiger partial charge in [-0.2, -0.15) is 0 Å². The largest absolute Gasteiger partial charge is 0.321 e. The van der Waals surface area contributed by atoms with Gasteiger partial charge in [-0.3, -0.25) is 0 Å². The summed E-state index contributed by atoms with van der Waals surface area (Å²) in [7, 11) is 0. The average Bonchev–Trinajstić information content (AvgIpc) is 2.98. The third-order valence-electron chi connectivity index (χ3n) is 3.61. The zero-order valence-corrected chi connectivity index (χ0v) is 9.63. The van der Waals surface area contributed by atoms with E-state index < -0.39 is 0 Å². The molecule has 2 aliphatic rings. The van der Waals surface area contributed by atoms with Crippen LogP contribution >= 0.6 is 15.9 Å². The van der Waals surface area contributed by atoms with Crippen molar-refractivity contribution in [3.05, 3.63) is 34.3 Å². The van der Waals surface area contributed by atoms with Crippen molar-refractivity contribution < 1.29 is 0 Å². The predicted molar refractivity (Wildman–Crippen MR) is 60.8 cm³/mol. The Morgan fingerprint density at radius 3 is 2.79 bits per heavy atom. The Morgan fingerprint density at radius 1 is 1.36 bits per heavy atom. The van der Waals surface area contributed by atoms with Crippen molar-refractivity contribution in [1.29, 1.82) is 0 Å².